The van der Waals surface area contributed by atoms with Crippen molar-refractivity contribution in [2.45, 2.75) is 33.2 Å². The van der Waals surface area contributed by atoms with Crippen molar-refractivity contribution in [1.29, 1.82) is 0 Å². The smallest absolute Gasteiger partial charge is 0.145 e. The topological polar surface area (TPSA) is 37.8 Å². The fourth-order valence-electron chi connectivity index (χ4n) is 2.55. The second kappa shape index (κ2) is 5.93. The summed E-state index contributed by atoms with van der Waals surface area (Å²) in [5.41, 5.74) is 5.38. The normalized spacial score (nSPS) is 12.4. The van der Waals surface area contributed by atoms with Crippen molar-refractivity contribution in [2.75, 3.05) is 7.05 Å². The molecule has 100 valence electrons. The summed E-state index contributed by atoms with van der Waals surface area (Å²) in [6.07, 6.45) is 4.50. The number of likely N-dealkylation sites (N-methyl/N-ethyl adjacent to an activating group) is 1. The fourth-order valence-corrected chi connectivity index (χ4v) is 2.55. The lowest BCUT2D eigenvalue weighted by Crippen LogP contribution is -2.22. The Labute approximate surface area is 115 Å². The Morgan fingerprint density at radius 1 is 1.05 bits per heavy atom. The maximum atomic E-state index is 4.35. The van der Waals surface area contributed by atoms with Crippen molar-refractivity contribution in [3.8, 4) is 0 Å². The molecule has 3 nitrogen and oxygen atoms in total. The molecule has 1 atom stereocenters. The molecule has 2 rings (SSSR count). The molecule has 0 bridgehead atoms. The van der Waals surface area contributed by atoms with Gasteiger partial charge in [0.25, 0.3) is 0 Å². The van der Waals surface area contributed by atoms with Gasteiger partial charge in [-0.25, -0.2) is 9.97 Å². The van der Waals surface area contributed by atoms with Gasteiger partial charge in [-0.2, -0.15) is 0 Å². The number of benzene rings is 1. The van der Waals surface area contributed by atoms with Gasteiger partial charge in [0.05, 0.1) is 6.04 Å². The molecular weight excluding hydrogens is 234 g/mol. The third kappa shape index (κ3) is 3.18. The van der Waals surface area contributed by atoms with Crippen LogP contribution in [-0.4, -0.2) is 17.0 Å². The van der Waals surface area contributed by atoms with Gasteiger partial charge in [-0.05, 0) is 57.0 Å². The van der Waals surface area contributed by atoms with E-state index in [0.717, 1.165) is 12.2 Å². The predicted octanol–water partition coefficient (Wildman–Crippen LogP) is 2.91. The minimum atomic E-state index is 0.154. The van der Waals surface area contributed by atoms with Gasteiger partial charge in [0, 0.05) is 12.4 Å². The lowest BCUT2D eigenvalue weighted by atomic mass is 9.94. The third-order valence-electron chi connectivity index (χ3n) is 3.49. The molecule has 1 aromatic heterocycles. The van der Waals surface area contributed by atoms with Crippen molar-refractivity contribution in [3.05, 3.63) is 58.7 Å². The molecular formula is C16H21N3. The summed E-state index contributed by atoms with van der Waals surface area (Å²) in [5.74, 6) is 0.851. The van der Waals surface area contributed by atoms with Crippen LogP contribution in [0.15, 0.2) is 30.6 Å². The molecule has 0 amide bonds. The first kappa shape index (κ1) is 13.7. The molecule has 1 unspecified atom stereocenters. The van der Waals surface area contributed by atoms with E-state index in [1.807, 2.05) is 13.1 Å². The van der Waals surface area contributed by atoms with Gasteiger partial charge in [0.1, 0.15) is 5.82 Å². The van der Waals surface area contributed by atoms with Gasteiger partial charge in [-0.3, -0.25) is 0 Å². The number of hydrogen-bond donors (Lipinski definition) is 1. The molecule has 1 N–H and O–H groups in total. The molecule has 0 aliphatic carbocycles. The SMILES string of the molecule is CNC(Cc1c(C)cc(C)cc1C)c1ncccn1. The largest absolute Gasteiger partial charge is 0.310 e. The van der Waals surface area contributed by atoms with Crippen molar-refractivity contribution < 1.29 is 0 Å². The van der Waals surface area contributed by atoms with E-state index >= 15 is 0 Å². The number of aromatic nitrogens is 2. The maximum absolute atomic E-state index is 4.35. The zero-order valence-electron chi connectivity index (χ0n) is 12.1. The third-order valence-corrected chi connectivity index (χ3v) is 3.49. The summed E-state index contributed by atoms with van der Waals surface area (Å²) in [6.45, 7) is 6.49. The van der Waals surface area contributed by atoms with Gasteiger partial charge in [0.2, 0.25) is 0 Å². The van der Waals surface area contributed by atoms with Gasteiger partial charge in [-0.1, -0.05) is 17.7 Å². The Bertz CT molecular complexity index is 526. The molecule has 0 aliphatic rings. The van der Waals surface area contributed by atoms with Crippen molar-refractivity contribution in [3.63, 3.8) is 0 Å². The molecule has 0 spiro atoms. The Hall–Kier alpha value is -1.74. The van der Waals surface area contributed by atoms with E-state index in [9.17, 15) is 0 Å². The molecule has 0 saturated carbocycles. The average molecular weight is 255 g/mol. The van der Waals surface area contributed by atoms with Crippen LogP contribution in [-0.2, 0) is 6.42 Å². The highest BCUT2D eigenvalue weighted by molar-refractivity contribution is 5.38. The highest BCUT2D eigenvalue weighted by Crippen LogP contribution is 2.22. The molecule has 0 aliphatic heterocycles. The maximum Gasteiger partial charge on any atom is 0.145 e. The summed E-state index contributed by atoms with van der Waals surface area (Å²) in [5, 5.41) is 3.31. The van der Waals surface area contributed by atoms with Gasteiger partial charge in [-0.15, -0.1) is 0 Å². The minimum absolute atomic E-state index is 0.154. The van der Waals surface area contributed by atoms with Crippen LogP contribution in [0, 0.1) is 20.8 Å². The first-order valence-electron chi connectivity index (χ1n) is 6.62. The Kier molecular flexibility index (Phi) is 4.27. The second-order valence-corrected chi connectivity index (χ2v) is 5.03. The van der Waals surface area contributed by atoms with Crippen LogP contribution in [0.2, 0.25) is 0 Å². The van der Waals surface area contributed by atoms with Gasteiger partial charge < -0.3 is 5.32 Å². The Morgan fingerprint density at radius 3 is 2.16 bits per heavy atom. The van der Waals surface area contributed by atoms with E-state index in [0.29, 0.717) is 0 Å². The van der Waals surface area contributed by atoms with Crippen LogP contribution in [0.25, 0.3) is 0 Å². The average Bonchev–Trinajstić information content (AvgIpc) is 2.39. The number of nitrogens with one attached hydrogen (secondary N) is 1. The van der Waals surface area contributed by atoms with Crippen molar-refractivity contribution in [1.82, 2.24) is 15.3 Å². The summed E-state index contributed by atoms with van der Waals surface area (Å²) >= 11 is 0. The van der Waals surface area contributed by atoms with Crippen LogP contribution >= 0.6 is 0 Å². The molecule has 0 saturated heterocycles. The molecule has 19 heavy (non-hydrogen) atoms. The lowest BCUT2D eigenvalue weighted by molar-refractivity contribution is 0.554. The molecule has 1 heterocycles. The van der Waals surface area contributed by atoms with Crippen LogP contribution in [0.1, 0.15) is 34.1 Å². The number of rotatable bonds is 4. The first-order chi connectivity index (χ1) is 9.11. The first-order valence-corrected chi connectivity index (χ1v) is 6.62. The van der Waals surface area contributed by atoms with Gasteiger partial charge in [0.15, 0.2) is 0 Å². The van der Waals surface area contributed by atoms with E-state index in [4.69, 9.17) is 0 Å². The molecule has 0 fully saturated rings. The Balaban J connectivity index is 2.29. The predicted molar refractivity (Wildman–Crippen MR) is 78.2 cm³/mol. The summed E-state index contributed by atoms with van der Waals surface area (Å²) in [7, 11) is 1.96. The van der Waals surface area contributed by atoms with Crippen LogP contribution in [0.3, 0.4) is 0 Å². The van der Waals surface area contributed by atoms with Crippen LogP contribution < -0.4 is 5.32 Å². The fraction of sp³-hybridized carbons (Fsp3) is 0.375. The summed E-state index contributed by atoms with van der Waals surface area (Å²) in [4.78, 5) is 8.70. The highest BCUT2D eigenvalue weighted by Gasteiger charge is 2.15. The highest BCUT2D eigenvalue weighted by atomic mass is 15.0. The number of nitrogens with zero attached hydrogens (tertiary/aromatic N) is 2. The molecule has 1 aromatic carbocycles. The van der Waals surface area contributed by atoms with E-state index < -0.39 is 0 Å². The van der Waals surface area contributed by atoms with E-state index in [1.165, 1.54) is 22.3 Å². The summed E-state index contributed by atoms with van der Waals surface area (Å²) < 4.78 is 0. The number of hydrogen-bond acceptors (Lipinski definition) is 3. The molecule has 3 heteroatoms. The minimum Gasteiger partial charge on any atom is -0.310 e. The zero-order chi connectivity index (χ0) is 13.8. The van der Waals surface area contributed by atoms with Crippen molar-refractivity contribution in [2.24, 2.45) is 0 Å². The quantitative estimate of drug-likeness (QED) is 0.913. The van der Waals surface area contributed by atoms with E-state index in [-0.39, 0.29) is 6.04 Å². The molecule has 0 radical (unpaired) electrons. The standard InChI is InChI=1S/C16H21N3/c1-11-8-12(2)14(13(3)9-11)10-15(17-4)16-18-6-5-7-19-16/h5-9,15,17H,10H2,1-4H3. The van der Waals surface area contributed by atoms with E-state index in [2.05, 4.69) is 48.2 Å². The van der Waals surface area contributed by atoms with E-state index in [1.54, 1.807) is 12.4 Å². The number of aryl methyl sites for hydroxylation is 3. The lowest BCUT2D eigenvalue weighted by Gasteiger charge is -2.18. The van der Waals surface area contributed by atoms with Gasteiger partial charge >= 0.3 is 0 Å². The zero-order valence-corrected chi connectivity index (χ0v) is 12.1. The monoisotopic (exact) mass is 255 g/mol. The summed E-state index contributed by atoms with van der Waals surface area (Å²) in [6, 6.07) is 6.47. The van der Waals surface area contributed by atoms with Crippen molar-refractivity contribution >= 4 is 0 Å². The Morgan fingerprint density at radius 2 is 1.63 bits per heavy atom. The molecule has 2 aromatic rings. The van der Waals surface area contributed by atoms with Crippen LogP contribution in [0.4, 0.5) is 0 Å². The van der Waals surface area contributed by atoms with Crippen LogP contribution in [0.5, 0.6) is 0 Å². The second-order valence-electron chi connectivity index (χ2n) is 5.03.